The first-order valence-electron chi connectivity index (χ1n) is 12.9. The number of aromatic nitrogens is 1. The lowest BCUT2D eigenvalue weighted by atomic mass is 9.96. The molecule has 220 valence electrons. The van der Waals surface area contributed by atoms with Crippen molar-refractivity contribution in [3.63, 3.8) is 0 Å². The number of nitrogens with zero attached hydrogens (tertiary/aromatic N) is 3. The number of fused-ring (bicyclic) bond motifs is 1. The number of ether oxygens (including phenoxy) is 2. The fourth-order valence-electron chi connectivity index (χ4n) is 4.66. The summed E-state index contributed by atoms with van der Waals surface area (Å²) >= 11 is 17.2. The van der Waals surface area contributed by atoms with Crippen molar-refractivity contribution in [3.05, 3.63) is 133 Å². The van der Waals surface area contributed by atoms with Crippen LogP contribution < -0.4 is 19.6 Å². The van der Waals surface area contributed by atoms with Gasteiger partial charge in [-0.15, -0.1) is 0 Å². The lowest BCUT2D eigenvalue weighted by molar-refractivity contribution is -0.386. The molecule has 3 aromatic carbocycles. The molecule has 0 N–H and O–H groups in total. The second kappa shape index (κ2) is 12.8. The first-order valence-corrected chi connectivity index (χ1v) is 15.3. The van der Waals surface area contributed by atoms with Crippen LogP contribution in [0.4, 0.5) is 5.69 Å². The van der Waals surface area contributed by atoms with Gasteiger partial charge in [0.15, 0.2) is 4.80 Å². The van der Waals surface area contributed by atoms with Crippen molar-refractivity contribution < 1.29 is 19.2 Å². The minimum atomic E-state index is -0.882. The number of rotatable bonds is 8. The maximum atomic E-state index is 13.9. The van der Waals surface area contributed by atoms with E-state index in [1.807, 2.05) is 0 Å². The topological polar surface area (TPSA) is 113 Å². The zero-order valence-electron chi connectivity index (χ0n) is 22.7. The Labute approximate surface area is 267 Å². The molecule has 2 heterocycles. The molecule has 0 spiro atoms. The monoisotopic (exact) mass is 701 g/mol. The summed E-state index contributed by atoms with van der Waals surface area (Å²) in [6, 6.07) is 16.0. The van der Waals surface area contributed by atoms with Gasteiger partial charge in [-0.25, -0.2) is 9.79 Å². The van der Waals surface area contributed by atoms with E-state index < -0.39 is 22.5 Å². The summed E-state index contributed by atoms with van der Waals surface area (Å²) < 4.78 is 13.1. The van der Waals surface area contributed by atoms with Gasteiger partial charge in [0.05, 0.1) is 31.8 Å². The smallest absolute Gasteiger partial charge is 0.338 e. The molecule has 1 aliphatic heterocycles. The predicted molar refractivity (Wildman–Crippen MR) is 168 cm³/mol. The third kappa shape index (κ3) is 6.16. The number of nitro benzene ring substituents is 1. The van der Waals surface area contributed by atoms with Gasteiger partial charge in [-0.2, -0.15) is 0 Å². The molecule has 0 aliphatic carbocycles. The number of carbonyl (C=O) groups is 1. The van der Waals surface area contributed by atoms with Crippen molar-refractivity contribution in [2.75, 3.05) is 6.61 Å². The minimum Gasteiger partial charge on any atom is -0.481 e. The third-order valence-electron chi connectivity index (χ3n) is 6.59. The van der Waals surface area contributed by atoms with Crippen molar-refractivity contribution in [1.29, 1.82) is 0 Å². The lowest BCUT2D eigenvalue weighted by Gasteiger charge is -2.25. The summed E-state index contributed by atoms with van der Waals surface area (Å²) in [5.74, 6) is -0.577. The molecule has 0 bridgehead atoms. The fourth-order valence-corrected chi connectivity index (χ4v) is 6.72. The first kappa shape index (κ1) is 30.7. The second-order valence-electron chi connectivity index (χ2n) is 9.31. The van der Waals surface area contributed by atoms with Crippen LogP contribution in [-0.4, -0.2) is 22.1 Å². The van der Waals surface area contributed by atoms with Gasteiger partial charge in [-0.3, -0.25) is 19.5 Å². The zero-order chi connectivity index (χ0) is 30.8. The highest BCUT2D eigenvalue weighted by Gasteiger charge is 2.34. The largest absolute Gasteiger partial charge is 0.481 e. The van der Waals surface area contributed by atoms with Crippen molar-refractivity contribution in [2.24, 2.45) is 4.99 Å². The standard InChI is InChI=1S/C30H22BrCl2N3O6S/c1-3-41-29(38)25-16(2)34-30-35(26(25)19-9-5-7-11-22(19)33)28(37)24(43-30)14-17-12-20(31)27(23(13-17)36(39)40)42-15-18-8-4-6-10-21(18)32/h4-14,26H,3,15H2,1-2H3/b24-14-/t26-/m1/s1. The molecule has 1 atom stereocenters. The van der Waals surface area contributed by atoms with E-state index >= 15 is 0 Å². The molecule has 1 aliphatic rings. The first-order chi connectivity index (χ1) is 20.6. The van der Waals surface area contributed by atoms with Crippen molar-refractivity contribution in [2.45, 2.75) is 26.5 Å². The number of allylic oxidation sites excluding steroid dienone is 1. The fraction of sp³-hybridized carbons (Fsp3) is 0.167. The number of hydrogen-bond acceptors (Lipinski definition) is 8. The van der Waals surface area contributed by atoms with Crippen LogP contribution in [0.3, 0.4) is 0 Å². The van der Waals surface area contributed by atoms with Gasteiger partial charge in [0.1, 0.15) is 12.6 Å². The van der Waals surface area contributed by atoms with Crippen LogP contribution >= 0.6 is 50.5 Å². The van der Waals surface area contributed by atoms with E-state index in [-0.39, 0.29) is 34.8 Å². The Morgan fingerprint density at radius 2 is 1.86 bits per heavy atom. The minimum absolute atomic E-state index is 0.0151. The zero-order valence-corrected chi connectivity index (χ0v) is 26.6. The third-order valence-corrected chi connectivity index (χ3v) is 8.87. The summed E-state index contributed by atoms with van der Waals surface area (Å²) in [5, 5.41) is 12.9. The van der Waals surface area contributed by atoms with Gasteiger partial charge in [0.25, 0.3) is 5.56 Å². The van der Waals surface area contributed by atoms with Crippen molar-refractivity contribution >= 4 is 68.2 Å². The quantitative estimate of drug-likeness (QED) is 0.120. The summed E-state index contributed by atoms with van der Waals surface area (Å²) in [4.78, 5) is 43.3. The van der Waals surface area contributed by atoms with E-state index in [0.29, 0.717) is 41.7 Å². The maximum Gasteiger partial charge on any atom is 0.338 e. The van der Waals surface area contributed by atoms with E-state index in [9.17, 15) is 19.7 Å². The van der Waals surface area contributed by atoms with Gasteiger partial charge < -0.3 is 9.47 Å². The molecule has 9 nitrogen and oxygen atoms in total. The molecule has 0 fully saturated rings. The van der Waals surface area contributed by atoms with E-state index in [2.05, 4.69) is 20.9 Å². The normalized spacial score (nSPS) is 14.7. The maximum absolute atomic E-state index is 13.9. The molecule has 13 heteroatoms. The van der Waals surface area contributed by atoms with Crippen LogP contribution in [0.25, 0.3) is 6.08 Å². The Morgan fingerprint density at radius 3 is 2.53 bits per heavy atom. The van der Waals surface area contributed by atoms with Gasteiger partial charge in [-0.1, -0.05) is 70.9 Å². The van der Waals surface area contributed by atoms with Crippen molar-refractivity contribution in [3.8, 4) is 5.75 Å². The van der Waals surface area contributed by atoms with E-state index in [0.717, 1.165) is 11.3 Å². The Bertz CT molecular complexity index is 1990. The Kier molecular flexibility index (Phi) is 9.16. The van der Waals surface area contributed by atoms with Crippen molar-refractivity contribution in [1.82, 2.24) is 4.57 Å². The Hall–Kier alpha value is -3.77. The molecule has 0 saturated carbocycles. The van der Waals surface area contributed by atoms with Crippen LogP contribution in [0.1, 0.15) is 36.6 Å². The van der Waals surface area contributed by atoms with Crippen LogP contribution in [0.5, 0.6) is 5.75 Å². The molecule has 5 rings (SSSR count). The summed E-state index contributed by atoms with van der Waals surface area (Å²) in [5.41, 5.74) is 1.44. The average molecular weight is 703 g/mol. The molecule has 43 heavy (non-hydrogen) atoms. The van der Waals surface area contributed by atoms with E-state index in [4.69, 9.17) is 32.7 Å². The van der Waals surface area contributed by atoms with Crippen LogP contribution in [0.2, 0.25) is 10.0 Å². The molecule has 0 amide bonds. The molecule has 0 radical (unpaired) electrons. The number of hydrogen-bond donors (Lipinski definition) is 0. The number of nitro groups is 1. The van der Waals surface area contributed by atoms with Gasteiger partial charge in [0.2, 0.25) is 5.75 Å². The molecule has 1 aromatic heterocycles. The highest BCUT2D eigenvalue weighted by atomic mass is 79.9. The van der Waals surface area contributed by atoms with Crippen LogP contribution in [0.15, 0.2) is 86.2 Å². The molecule has 4 aromatic rings. The molecule has 0 unspecified atom stereocenters. The molecular weight excluding hydrogens is 681 g/mol. The van der Waals surface area contributed by atoms with Gasteiger partial charge >= 0.3 is 11.7 Å². The summed E-state index contributed by atoms with van der Waals surface area (Å²) in [6.07, 6.45) is 1.53. The SMILES string of the molecule is CCOC(=O)C1=C(C)N=c2s/c(=C\c3cc(Br)c(OCc4ccccc4Cl)c([N+](=O)[O-])c3)c(=O)n2[C@@H]1c1ccccc1Cl. The van der Waals surface area contributed by atoms with Crippen LogP contribution in [0, 0.1) is 10.1 Å². The van der Waals surface area contributed by atoms with Gasteiger partial charge in [-0.05, 0) is 65.2 Å². The number of benzene rings is 3. The summed E-state index contributed by atoms with van der Waals surface area (Å²) in [7, 11) is 0. The number of carbonyl (C=O) groups excluding carboxylic acids is 1. The lowest BCUT2D eigenvalue weighted by Crippen LogP contribution is -2.40. The average Bonchev–Trinajstić information content (AvgIpc) is 3.26. The van der Waals surface area contributed by atoms with E-state index in [1.165, 1.54) is 16.7 Å². The highest BCUT2D eigenvalue weighted by molar-refractivity contribution is 9.10. The highest BCUT2D eigenvalue weighted by Crippen LogP contribution is 2.38. The summed E-state index contributed by atoms with van der Waals surface area (Å²) in [6.45, 7) is 3.52. The number of thiazole rings is 1. The Balaban J connectivity index is 1.62. The van der Waals surface area contributed by atoms with E-state index in [1.54, 1.807) is 68.4 Å². The Morgan fingerprint density at radius 1 is 1.16 bits per heavy atom. The second-order valence-corrected chi connectivity index (χ2v) is 12.0. The molecule has 0 saturated heterocycles. The van der Waals surface area contributed by atoms with Gasteiger partial charge in [0, 0.05) is 21.7 Å². The van der Waals surface area contributed by atoms with Crippen LogP contribution in [-0.2, 0) is 16.1 Å². The molecular formula is C30H22BrCl2N3O6S. The predicted octanol–water partition coefficient (Wildman–Crippen LogP) is 6.35. The number of halogens is 3. The number of esters is 1.